The van der Waals surface area contributed by atoms with E-state index in [1.807, 2.05) is 25.1 Å². The van der Waals surface area contributed by atoms with Gasteiger partial charge in [0.15, 0.2) is 0 Å². The molecule has 214 valence electrons. The van der Waals surface area contributed by atoms with Gasteiger partial charge in [-0.25, -0.2) is 0 Å². The molecule has 0 spiro atoms. The number of alkyl halides is 2. The standard InChI is InChI=1S/C31H28F2N6O3/c1-37(2)18-25-19-38-28(26(17-35-38)36-29(40)20-9-14-27(42-3)21(15-20)16-34)30(41)39(25)24-12-10-23(11-13-24)31(32,33)22-7-5-4-6-8-22/h4-15,17,25H,18-19H2,1-3H3,(H,36,40)/t25-/m1/s1. The van der Waals surface area contributed by atoms with Crippen LogP contribution in [0.4, 0.5) is 20.2 Å². The lowest BCUT2D eigenvalue weighted by Crippen LogP contribution is -2.52. The van der Waals surface area contributed by atoms with E-state index in [0.29, 0.717) is 24.5 Å². The molecule has 2 amide bonds. The Hall–Kier alpha value is -5.08. The van der Waals surface area contributed by atoms with Gasteiger partial charge >= 0.3 is 0 Å². The van der Waals surface area contributed by atoms with Gasteiger partial charge in [-0.15, -0.1) is 0 Å². The van der Waals surface area contributed by atoms with Gasteiger partial charge in [0.2, 0.25) is 0 Å². The minimum Gasteiger partial charge on any atom is -0.495 e. The summed E-state index contributed by atoms with van der Waals surface area (Å²) in [5.41, 5.74) is 0.870. The van der Waals surface area contributed by atoms with Crippen LogP contribution >= 0.6 is 0 Å². The predicted molar refractivity (Wildman–Crippen MR) is 153 cm³/mol. The van der Waals surface area contributed by atoms with E-state index in [-0.39, 0.29) is 39.7 Å². The van der Waals surface area contributed by atoms with E-state index in [1.165, 1.54) is 72.6 Å². The number of nitriles is 1. The highest BCUT2D eigenvalue weighted by Gasteiger charge is 2.38. The maximum atomic E-state index is 15.2. The van der Waals surface area contributed by atoms with Crippen LogP contribution in [-0.4, -0.2) is 60.3 Å². The van der Waals surface area contributed by atoms with Gasteiger partial charge in [-0.05, 0) is 44.4 Å². The lowest BCUT2D eigenvalue weighted by Gasteiger charge is -2.37. The second kappa shape index (κ2) is 11.4. The summed E-state index contributed by atoms with van der Waals surface area (Å²) in [5.74, 6) is -3.84. The Bertz CT molecular complexity index is 1660. The Labute approximate surface area is 241 Å². The van der Waals surface area contributed by atoms with Gasteiger partial charge in [-0.2, -0.15) is 19.1 Å². The lowest BCUT2D eigenvalue weighted by atomic mass is 9.99. The molecule has 4 aromatic rings. The Morgan fingerprint density at radius 1 is 1.12 bits per heavy atom. The van der Waals surface area contributed by atoms with Crippen molar-refractivity contribution in [3.63, 3.8) is 0 Å². The number of benzene rings is 3. The molecular formula is C31H28F2N6O3. The number of rotatable bonds is 8. The quantitative estimate of drug-likeness (QED) is 0.328. The predicted octanol–water partition coefficient (Wildman–Crippen LogP) is 4.75. The number of aromatic nitrogens is 2. The molecule has 2 heterocycles. The number of amides is 2. The van der Waals surface area contributed by atoms with E-state index >= 15 is 8.78 Å². The minimum absolute atomic E-state index is 0.125. The fourth-order valence-corrected chi connectivity index (χ4v) is 5.07. The van der Waals surface area contributed by atoms with Crippen molar-refractivity contribution in [1.82, 2.24) is 14.7 Å². The number of ether oxygens (including phenoxy) is 1. The molecule has 0 fully saturated rings. The van der Waals surface area contributed by atoms with Crippen molar-refractivity contribution in [1.29, 1.82) is 5.26 Å². The number of carbonyl (C=O) groups is 2. The summed E-state index contributed by atoms with van der Waals surface area (Å²) in [7, 11) is 5.18. The largest absolute Gasteiger partial charge is 0.495 e. The third-order valence-corrected chi connectivity index (χ3v) is 7.06. The summed E-state index contributed by atoms with van der Waals surface area (Å²) >= 11 is 0. The van der Waals surface area contributed by atoms with Crippen LogP contribution in [0.5, 0.6) is 5.75 Å². The topological polar surface area (TPSA) is 103 Å². The molecule has 1 atom stereocenters. The molecule has 0 unspecified atom stereocenters. The molecule has 0 bridgehead atoms. The van der Waals surface area contributed by atoms with E-state index in [9.17, 15) is 14.9 Å². The number of likely N-dealkylation sites (N-methyl/N-ethyl adjacent to an activating group) is 1. The second-order valence-electron chi connectivity index (χ2n) is 10.1. The average Bonchev–Trinajstić information content (AvgIpc) is 3.39. The maximum Gasteiger partial charge on any atom is 0.298 e. The molecule has 5 rings (SSSR count). The molecule has 1 aliphatic heterocycles. The molecule has 1 aromatic heterocycles. The van der Waals surface area contributed by atoms with E-state index in [2.05, 4.69) is 10.4 Å². The molecule has 42 heavy (non-hydrogen) atoms. The van der Waals surface area contributed by atoms with E-state index in [0.717, 1.165) is 0 Å². The van der Waals surface area contributed by atoms with Gasteiger partial charge in [-0.3, -0.25) is 14.3 Å². The van der Waals surface area contributed by atoms with E-state index in [4.69, 9.17) is 4.74 Å². The highest BCUT2D eigenvalue weighted by Crippen LogP contribution is 2.37. The monoisotopic (exact) mass is 570 g/mol. The Balaban J connectivity index is 1.46. The van der Waals surface area contributed by atoms with Crippen LogP contribution in [-0.2, 0) is 12.5 Å². The van der Waals surface area contributed by atoms with Gasteiger partial charge in [0, 0.05) is 28.9 Å². The summed E-state index contributed by atoms with van der Waals surface area (Å²) in [6.45, 7) is 0.801. The Morgan fingerprint density at radius 3 is 2.45 bits per heavy atom. The van der Waals surface area contributed by atoms with Gasteiger partial charge < -0.3 is 19.9 Å². The Morgan fingerprint density at radius 2 is 1.81 bits per heavy atom. The number of anilines is 2. The Kier molecular flexibility index (Phi) is 7.74. The van der Waals surface area contributed by atoms with Crippen molar-refractivity contribution < 1.29 is 23.1 Å². The highest BCUT2D eigenvalue weighted by molar-refractivity contribution is 6.13. The summed E-state index contributed by atoms with van der Waals surface area (Å²) in [4.78, 5) is 30.5. The normalized spacial score (nSPS) is 14.8. The average molecular weight is 571 g/mol. The SMILES string of the molecule is COc1ccc(C(=O)Nc2cnn3c2C(=O)N(c2ccc(C(F)(F)c4ccccc4)cc2)[C@H](CN(C)C)C3)cc1C#N. The van der Waals surface area contributed by atoms with Crippen LogP contribution in [0.2, 0.25) is 0 Å². The van der Waals surface area contributed by atoms with E-state index < -0.39 is 17.7 Å². The molecule has 1 N–H and O–H groups in total. The number of nitrogens with one attached hydrogen (secondary N) is 1. The summed E-state index contributed by atoms with van der Waals surface area (Å²) in [6, 6.07) is 19.3. The van der Waals surface area contributed by atoms with Crippen LogP contribution in [0.25, 0.3) is 0 Å². The first-order chi connectivity index (χ1) is 20.1. The molecule has 1 aliphatic rings. The van der Waals surface area contributed by atoms with Gasteiger partial charge in [0.1, 0.15) is 17.5 Å². The van der Waals surface area contributed by atoms with Crippen molar-refractivity contribution >= 4 is 23.2 Å². The van der Waals surface area contributed by atoms with Crippen molar-refractivity contribution in [2.75, 3.05) is 38.0 Å². The zero-order valence-electron chi connectivity index (χ0n) is 23.2. The molecule has 11 heteroatoms. The first-order valence-electron chi connectivity index (χ1n) is 13.1. The van der Waals surface area contributed by atoms with Crippen molar-refractivity contribution in [2.45, 2.75) is 18.5 Å². The molecular weight excluding hydrogens is 542 g/mol. The van der Waals surface area contributed by atoms with Crippen LogP contribution in [0.3, 0.4) is 0 Å². The van der Waals surface area contributed by atoms with Crippen molar-refractivity contribution in [2.24, 2.45) is 0 Å². The van der Waals surface area contributed by atoms with Crippen LogP contribution in [0.15, 0.2) is 79.0 Å². The fraction of sp³-hybridized carbons (Fsp3) is 0.226. The number of carbonyl (C=O) groups excluding carboxylic acids is 2. The van der Waals surface area contributed by atoms with Gasteiger partial charge in [0.05, 0.1) is 37.1 Å². The number of halogens is 2. The summed E-state index contributed by atoms with van der Waals surface area (Å²) in [5, 5.41) is 16.5. The van der Waals surface area contributed by atoms with Gasteiger partial charge in [0.25, 0.3) is 17.7 Å². The summed E-state index contributed by atoms with van der Waals surface area (Å²) in [6.07, 6.45) is 1.40. The highest BCUT2D eigenvalue weighted by atomic mass is 19.3. The third kappa shape index (κ3) is 5.32. The maximum absolute atomic E-state index is 15.2. The van der Waals surface area contributed by atoms with Crippen LogP contribution in [0, 0.1) is 11.3 Å². The molecule has 0 radical (unpaired) electrons. The van der Waals surface area contributed by atoms with Crippen LogP contribution in [0.1, 0.15) is 37.5 Å². The van der Waals surface area contributed by atoms with Gasteiger partial charge in [-0.1, -0.05) is 42.5 Å². The second-order valence-corrected chi connectivity index (χ2v) is 10.1. The molecule has 0 saturated carbocycles. The zero-order chi connectivity index (χ0) is 30.0. The number of hydrogen-bond acceptors (Lipinski definition) is 6. The molecule has 3 aromatic carbocycles. The smallest absolute Gasteiger partial charge is 0.298 e. The molecule has 0 saturated heterocycles. The minimum atomic E-state index is -3.21. The number of nitrogens with zero attached hydrogens (tertiary/aromatic N) is 5. The third-order valence-electron chi connectivity index (χ3n) is 7.06. The van der Waals surface area contributed by atoms with Crippen LogP contribution < -0.4 is 15.0 Å². The van der Waals surface area contributed by atoms with E-state index in [1.54, 1.807) is 23.1 Å². The first kappa shape index (κ1) is 28.4. The van der Waals surface area contributed by atoms with Crippen molar-refractivity contribution in [3.8, 4) is 11.8 Å². The summed E-state index contributed by atoms with van der Waals surface area (Å²) < 4.78 is 37.0. The lowest BCUT2D eigenvalue weighted by molar-refractivity contribution is 0.0428. The van der Waals surface area contributed by atoms with Crippen molar-refractivity contribution in [3.05, 3.63) is 107 Å². The number of hydrogen-bond donors (Lipinski definition) is 1. The molecule has 0 aliphatic carbocycles. The molecule has 9 nitrogen and oxygen atoms in total. The number of fused-ring (bicyclic) bond motifs is 1. The number of methoxy groups -OCH3 is 1. The zero-order valence-corrected chi connectivity index (χ0v) is 23.2. The fourth-order valence-electron chi connectivity index (χ4n) is 5.07. The first-order valence-corrected chi connectivity index (χ1v) is 13.1.